The van der Waals surface area contributed by atoms with Gasteiger partial charge in [-0.2, -0.15) is 4.39 Å². The molecule has 5 nitrogen and oxygen atoms in total. The Morgan fingerprint density at radius 1 is 1.29 bits per heavy atom. The smallest absolute Gasteiger partial charge is 0.338 e. The summed E-state index contributed by atoms with van der Waals surface area (Å²) in [7, 11) is 1.32. The second kappa shape index (κ2) is 6.39. The number of carbonyl (C=O) groups excluding carboxylic acids is 1. The fraction of sp³-hybridized carbons (Fsp3) is 0.278. The summed E-state index contributed by atoms with van der Waals surface area (Å²) < 4.78 is 18.3. The molecular formula is C18H16FNO4. The summed E-state index contributed by atoms with van der Waals surface area (Å²) in [6.07, 6.45) is 2.52. The quantitative estimate of drug-likeness (QED) is 0.472. The molecule has 2 aromatic carbocycles. The molecule has 3 rings (SSSR count). The third-order valence-electron chi connectivity index (χ3n) is 4.19. The van der Waals surface area contributed by atoms with Crippen molar-refractivity contribution >= 4 is 11.7 Å². The molecule has 1 aliphatic rings. The molecule has 1 aliphatic carbocycles. The van der Waals surface area contributed by atoms with Crippen LogP contribution in [0.2, 0.25) is 0 Å². The van der Waals surface area contributed by atoms with Gasteiger partial charge < -0.3 is 4.74 Å². The largest absolute Gasteiger partial charge is 0.465 e. The van der Waals surface area contributed by atoms with Gasteiger partial charge in [0.05, 0.1) is 17.6 Å². The molecule has 2 aromatic rings. The fourth-order valence-corrected chi connectivity index (χ4v) is 2.75. The van der Waals surface area contributed by atoms with Crippen molar-refractivity contribution in [2.75, 3.05) is 7.11 Å². The maximum atomic E-state index is 13.5. The second-order valence-corrected chi connectivity index (χ2v) is 5.90. The van der Waals surface area contributed by atoms with Crippen LogP contribution in [-0.2, 0) is 11.2 Å². The van der Waals surface area contributed by atoms with E-state index in [4.69, 9.17) is 4.74 Å². The van der Waals surface area contributed by atoms with Crippen LogP contribution in [-0.4, -0.2) is 18.0 Å². The van der Waals surface area contributed by atoms with Gasteiger partial charge in [-0.15, -0.1) is 0 Å². The number of rotatable bonds is 5. The van der Waals surface area contributed by atoms with Crippen LogP contribution in [0.25, 0.3) is 0 Å². The predicted octanol–water partition coefficient (Wildman–Crippen LogP) is 3.99. The van der Waals surface area contributed by atoms with Crippen molar-refractivity contribution in [3.05, 3.63) is 74.6 Å². The van der Waals surface area contributed by atoms with E-state index in [9.17, 15) is 19.3 Å². The van der Waals surface area contributed by atoms with Crippen molar-refractivity contribution in [2.45, 2.75) is 25.2 Å². The van der Waals surface area contributed by atoms with Gasteiger partial charge in [-0.05, 0) is 54.0 Å². The second-order valence-electron chi connectivity index (χ2n) is 5.90. The topological polar surface area (TPSA) is 69.4 Å². The first kappa shape index (κ1) is 16.1. The average molecular weight is 329 g/mol. The molecule has 0 radical (unpaired) electrons. The van der Waals surface area contributed by atoms with Crippen molar-refractivity contribution in [3.63, 3.8) is 0 Å². The van der Waals surface area contributed by atoms with E-state index in [1.165, 1.54) is 19.2 Å². The Kier molecular flexibility index (Phi) is 4.29. The highest BCUT2D eigenvalue weighted by Gasteiger charge is 2.25. The minimum atomic E-state index is -0.874. The fourth-order valence-electron chi connectivity index (χ4n) is 2.75. The molecule has 24 heavy (non-hydrogen) atoms. The van der Waals surface area contributed by atoms with Gasteiger partial charge in [-0.1, -0.05) is 18.2 Å². The van der Waals surface area contributed by atoms with Gasteiger partial charge in [0.1, 0.15) is 0 Å². The summed E-state index contributed by atoms with van der Waals surface area (Å²) in [6.45, 7) is 0. The van der Waals surface area contributed by atoms with Crippen molar-refractivity contribution in [1.82, 2.24) is 0 Å². The molecule has 0 aromatic heterocycles. The Bertz CT molecular complexity index is 815. The van der Waals surface area contributed by atoms with E-state index in [-0.39, 0.29) is 6.42 Å². The molecule has 0 unspecified atom stereocenters. The molecule has 0 N–H and O–H groups in total. The van der Waals surface area contributed by atoms with E-state index < -0.39 is 22.4 Å². The molecule has 0 saturated heterocycles. The average Bonchev–Trinajstić information content (AvgIpc) is 3.41. The highest BCUT2D eigenvalue weighted by atomic mass is 19.1. The van der Waals surface area contributed by atoms with E-state index >= 15 is 0 Å². The number of nitro groups is 1. The predicted molar refractivity (Wildman–Crippen MR) is 85.6 cm³/mol. The standard InChI is InChI=1S/C18H16FNO4/c1-24-18(21)15-10-13(12-3-4-12)5-6-14(15)8-11-2-7-16(19)17(9-11)20(22)23/h2,5-7,9-10,12H,3-4,8H2,1H3. The molecule has 0 spiro atoms. The number of ether oxygens (including phenoxy) is 1. The Balaban J connectivity index is 1.95. The third kappa shape index (κ3) is 3.27. The Labute approximate surface area is 138 Å². The van der Waals surface area contributed by atoms with Crippen LogP contribution < -0.4 is 0 Å². The van der Waals surface area contributed by atoms with E-state index in [0.717, 1.165) is 24.5 Å². The Morgan fingerprint density at radius 3 is 2.67 bits per heavy atom. The van der Waals surface area contributed by atoms with Crippen LogP contribution in [0, 0.1) is 15.9 Å². The first-order valence-electron chi connectivity index (χ1n) is 7.63. The Hall–Kier alpha value is -2.76. The van der Waals surface area contributed by atoms with E-state index in [1.54, 1.807) is 0 Å². The number of benzene rings is 2. The van der Waals surface area contributed by atoms with Gasteiger partial charge in [0.25, 0.3) is 0 Å². The summed E-state index contributed by atoms with van der Waals surface area (Å²) in [6, 6.07) is 9.40. The first-order valence-corrected chi connectivity index (χ1v) is 7.63. The minimum absolute atomic E-state index is 0.288. The molecule has 1 saturated carbocycles. The molecule has 1 fully saturated rings. The SMILES string of the molecule is COC(=O)c1cc(C2CC2)ccc1Cc1ccc(F)c([N+](=O)[O-])c1. The molecule has 6 heteroatoms. The number of esters is 1. The highest BCUT2D eigenvalue weighted by molar-refractivity contribution is 5.91. The van der Waals surface area contributed by atoms with Gasteiger partial charge in [-0.3, -0.25) is 10.1 Å². The van der Waals surface area contributed by atoms with Gasteiger partial charge in [0.15, 0.2) is 0 Å². The van der Waals surface area contributed by atoms with Crippen LogP contribution in [0.1, 0.15) is 45.8 Å². The molecular weight excluding hydrogens is 313 g/mol. The number of hydrogen-bond acceptors (Lipinski definition) is 4. The van der Waals surface area contributed by atoms with Crippen molar-refractivity contribution in [2.24, 2.45) is 0 Å². The zero-order valence-corrected chi connectivity index (χ0v) is 13.1. The van der Waals surface area contributed by atoms with E-state index in [1.807, 2.05) is 18.2 Å². The number of hydrogen-bond donors (Lipinski definition) is 0. The van der Waals surface area contributed by atoms with Crippen molar-refractivity contribution in [3.8, 4) is 0 Å². The number of halogens is 1. The lowest BCUT2D eigenvalue weighted by atomic mass is 9.96. The van der Waals surface area contributed by atoms with Gasteiger partial charge in [0.2, 0.25) is 5.82 Å². The van der Waals surface area contributed by atoms with Crippen molar-refractivity contribution in [1.29, 1.82) is 0 Å². The maximum absolute atomic E-state index is 13.5. The summed E-state index contributed by atoms with van der Waals surface area (Å²) >= 11 is 0. The summed E-state index contributed by atoms with van der Waals surface area (Å²) in [4.78, 5) is 22.2. The summed E-state index contributed by atoms with van der Waals surface area (Å²) in [5, 5.41) is 10.9. The first-order chi connectivity index (χ1) is 11.5. The van der Waals surface area contributed by atoms with E-state index in [0.29, 0.717) is 22.6 Å². The third-order valence-corrected chi connectivity index (χ3v) is 4.19. The lowest BCUT2D eigenvalue weighted by molar-refractivity contribution is -0.387. The zero-order valence-electron chi connectivity index (χ0n) is 13.1. The molecule has 0 aliphatic heterocycles. The van der Waals surface area contributed by atoms with Crippen LogP contribution in [0.5, 0.6) is 0 Å². The molecule has 0 atom stereocenters. The van der Waals surface area contributed by atoms with Gasteiger partial charge in [0, 0.05) is 6.07 Å². The van der Waals surface area contributed by atoms with Crippen LogP contribution >= 0.6 is 0 Å². The highest BCUT2D eigenvalue weighted by Crippen LogP contribution is 2.40. The lowest BCUT2D eigenvalue weighted by Crippen LogP contribution is -2.07. The summed E-state index contributed by atoms with van der Waals surface area (Å²) in [5.41, 5.74) is 2.25. The van der Waals surface area contributed by atoms with Crippen molar-refractivity contribution < 1.29 is 18.8 Å². The number of methoxy groups -OCH3 is 1. The number of nitro benzene ring substituents is 1. The molecule has 0 amide bonds. The molecule has 124 valence electrons. The molecule has 0 bridgehead atoms. The summed E-state index contributed by atoms with van der Waals surface area (Å²) in [5.74, 6) is -0.820. The monoisotopic (exact) mass is 329 g/mol. The lowest BCUT2D eigenvalue weighted by Gasteiger charge is -2.10. The van der Waals surface area contributed by atoms with Crippen LogP contribution in [0.3, 0.4) is 0 Å². The molecule has 0 heterocycles. The van der Waals surface area contributed by atoms with Crippen LogP contribution in [0.15, 0.2) is 36.4 Å². The van der Waals surface area contributed by atoms with E-state index in [2.05, 4.69) is 0 Å². The van der Waals surface area contributed by atoms with Gasteiger partial charge in [-0.25, -0.2) is 4.79 Å². The Morgan fingerprint density at radius 2 is 2.04 bits per heavy atom. The van der Waals surface area contributed by atoms with Crippen LogP contribution in [0.4, 0.5) is 10.1 Å². The minimum Gasteiger partial charge on any atom is -0.465 e. The van der Waals surface area contributed by atoms with Gasteiger partial charge >= 0.3 is 11.7 Å². The maximum Gasteiger partial charge on any atom is 0.338 e. The number of carbonyl (C=O) groups is 1. The zero-order chi connectivity index (χ0) is 17.3. The normalized spacial score (nSPS) is 13.6. The number of nitrogens with zero attached hydrogens (tertiary/aromatic N) is 1.